The Bertz CT molecular complexity index is 522. The van der Waals surface area contributed by atoms with Gasteiger partial charge in [-0.2, -0.15) is 0 Å². The summed E-state index contributed by atoms with van der Waals surface area (Å²) in [5.41, 5.74) is -0.603. The monoisotopic (exact) mass is 249 g/mol. The number of aromatic nitrogens is 1. The third kappa shape index (κ3) is 2.74. The van der Waals surface area contributed by atoms with Crippen molar-refractivity contribution in [1.29, 1.82) is 0 Å². The van der Waals surface area contributed by atoms with Gasteiger partial charge in [-0.05, 0) is 6.92 Å². The highest BCUT2D eigenvalue weighted by atomic mass is 16.6. The zero-order chi connectivity index (χ0) is 13.7. The number of hydrogen-bond acceptors (Lipinski definition) is 5. The molecular formula is C11H11N3O4. The average molecular weight is 249 g/mol. The summed E-state index contributed by atoms with van der Waals surface area (Å²) in [5.74, 6) is 1.18. The van der Waals surface area contributed by atoms with Gasteiger partial charge in [-0.1, -0.05) is 5.92 Å². The van der Waals surface area contributed by atoms with Gasteiger partial charge in [0.25, 0.3) is 0 Å². The van der Waals surface area contributed by atoms with E-state index in [-0.39, 0.29) is 23.6 Å². The Morgan fingerprint density at radius 1 is 1.72 bits per heavy atom. The molecule has 0 aliphatic carbocycles. The second kappa shape index (κ2) is 5.63. The van der Waals surface area contributed by atoms with Crippen molar-refractivity contribution in [3.63, 3.8) is 0 Å². The molecule has 0 bridgehead atoms. The first-order valence-corrected chi connectivity index (χ1v) is 5.07. The summed E-state index contributed by atoms with van der Waals surface area (Å²) in [5, 5.41) is 19.7. The molecule has 0 saturated carbocycles. The summed E-state index contributed by atoms with van der Waals surface area (Å²) in [7, 11) is 0. The maximum absolute atomic E-state index is 10.9. The van der Waals surface area contributed by atoms with Crippen molar-refractivity contribution in [2.45, 2.75) is 6.92 Å². The number of nitrogens with zero attached hydrogens (tertiary/aromatic N) is 3. The molecule has 0 unspecified atom stereocenters. The van der Waals surface area contributed by atoms with Gasteiger partial charge >= 0.3 is 11.7 Å². The van der Waals surface area contributed by atoms with E-state index in [0.29, 0.717) is 6.54 Å². The summed E-state index contributed by atoms with van der Waals surface area (Å²) in [6, 6.07) is 0.976. The minimum Gasteiger partial charge on any atom is -0.478 e. The van der Waals surface area contributed by atoms with E-state index in [1.807, 2.05) is 0 Å². The van der Waals surface area contributed by atoms with Gasteiger partial charge in [0.05, 0.1) is 17.0 Å². The van der Waals surface area contributed by atoms with Crippen LogP contribution in [0.3, 0.4) is 0 Å². The summed E-state index contributed by atoms with van der Waals surface area (Å²) in [6.07, 6.45) is 6.24. The van der Waals surface area contributed by atoms with Gasteiger partial charge in [0.2, 0.25) is 5.82 Å². The van der Waals surface area contributed by atoms with Gasteiger partial charge in [0.15, 0.2) is 0 Å². The van der Waals surface area contributed by atoms with E-state index in [1.54, 1.807) is 6.92 Å². The molecule has 0 aliphatic rings. The Morgan fingerprint density at radius 3 is 2.83 bits per heavy atom. The highest BCUT2D eigenvalue weighted by molar-refractivity contribution is 5.88. The van der Waals surface area contributed by atoms with Crippen LogP contribution in [0.4, 0.5) is 11.5 Å². The lowest BCUT2D eigenvalue weighted by Gasteiger charge is -2.18. The van der Waals surface area contributed by atoms with Gasteiger partial charge in [-0.25, -0.2) is 9.78 Å². The lowest BCUT2D eigenvalue weighted by molar-refractivity contribution is -0.384. The summed E-state index contributed by atoms with van der Waals surface area (Å²) in [6.45, 7) is 2.37. The smallest absolute Gasteiger partial charge is 0.337 e. The van der Waals surface area contributed by atoms with Gasteiger partial charge in [-0.3, -0.25) is 10.1 Å². The Morgan fingerprint density at radius 2 is 2.39 bits per heavy atom. The van der Waals surface area contributed by atoms with Crippen molar-refractivity contribution in [3.8, 4) is 12.3 Å². The molecule has 1 aromatic heterocycles. The van der Waals surface area contributed by atoms with Gasteiger partial charge < -0.3 is 10.0 Å². The van der Waals surface area contributed by atoms with E-state index in [9.17, 15) is 14.9 Å². The van der Waals surface area contributed by atoms with Crippen LogP contribution in [0.25, 0.3) is 0 Å². The Balaban J connectivity index is 3.31. The minimum absolute atomic E-state index is 0.0745. The first-order chi connectivity index (χ1) is 8.51. The van der Waals surface area contributed by atoms with Crippen LogP contribution in [0.15, 0.2) is 12.3 Å². The lowest BCUT2D eigenvalue weighted by Crippen LogP contribution is -2.25. The van der Waals surface area contributed by atoms with Crippen molar-refractivity contribution in [2.24, 2.45) is 0 Å². The Kier molecular flexibility index (Phi) is 4.21. The SMILES string of the molecule is C#CCN(CC)c1ncc(C(=O)O)cc1[N+](=O)[O-]. The molecule has 94 valence electrons. The van der Waals surface area contributed by atoms with E-state index in [2.05, 4.69) is 10.9 Å². The van der Waals surface area contributed by atoms with Gasteiger partial charge in [0.1, 0.15) is 0 Å². The molecule has 0 aromatic carbocycles. The fraction of sp³-hybridized carbons (Fsp3) is 0.273. The molecule has 0 radical (unpaired) electrons. The van der Waals surface area contributed by atoms with E-state index in [1.165, 1.54) is 4.90 Å². The average Bonchev–Trinajstić information content (AvgIpc) is 2.35. The minimum atomic E-state index is -1.27. The summed E-state index contributed by atoms with van der Waals surface area (Å²) in [4.78, 5) is 26.3. The molecule has 1 rings (SSSR count). The number of aromatic carboxylic acids is 1. The van der Waals surface area contributed by atoms with E-state index >= 15 is 0 Å². The largest absolute Gasteiger partial charge is 0.478 e. The molecule has 7 nitrogen and oxygen atoms in total. The maximum atomic E-state index is 10.9. The number of carboxylic acids is 1. The van der Waals surface area contributed by atoms with Crippen LogP contribution in [0.1, 0.15) is 17.3 Å². The van der Waals surface area contributed by atoms with Crippen LogP contribution in [0, 0.1) is 22.5 Å². The van der Waals surface area contributed by atoms with Crippen LogP contribution in [-0.4, -0.2) is 34.1 Å². The molecule has 1 heterocycles. The zero-order valence-electron chi connectivity index (χ0n) is 9.66. The molecule has 1 N–H and O–H groups in total. The second-order valence-electron chi connectivity index (χ2n) is 3.35. The normalized spacial score (nSPS) is 9.56. The Hall–Kier alpha value is -2.62. The molecule has 18 heavy (non-hydrogen) atoms. The molecule has 0 atom stereocenters. The fourth-order valence-electron chi connectivity index (χ4n) is 1.39. The summed E-state index contributed by atoms with van der Waals surface area (Å²) < 4.78 is 0. The lowest BCUT2D eigenvalue weighted by atomic mass is 10.2. The van der Waals surface area contributed by atoms with Gasteiger partial charge in [0, 0.05) is 18.8 Å². The summed E-state index contributed by atoms with van der Waals surface area (Å²) >= 11 is 0. The van der Waals surface area contributed by atoms with E-state index < -0.39 is 10.9 Å². The molecule has 0 aliphatic heterocycles. The quantitative estimate of drug-likeness (QED) is 0.477. The molecule has 0 amide bonds. The number of nitro groups is 1. The number of carboxylic acid groups (broad SMARTS) is 1. The standard InChI is InChI=1S/C11H11N3O4/c1-3-5-13(4-2)10-9(14(17)18)6-8(7-12-10)11(15)16/h1,6-7H,4-5H2,2H3,(H,15,16). The predicted octanol–water partition coefficient (Wildman–Crippen LogP) is 1.15. The fourth-order valence-corrected chi connectivity index (χ4v) is 1.39. The Labute approximate surface area is 103 Å². The van der Waals surface area contributed by atoms with Crippen LogP contribution in [0.2, 0.25) is 0 Å². The number of carbonyl (C=O) groups is 1. The third-order valence-corrected chi connectivity index (χ3v) is 2.25. The van der Waals surface area contributed by atoms with Crippen molar-refractivity contribution >= 4 is 17.5 Å². The van der Waals surface area contributed by atoms with Crippen molar-refractivity contribution < 1.29 is 14.8 Å². The molecule has 1 aromatic rings. The van der Waals surface area contributed by atoms with E-state index in [4.69, 9.17) is 11.5 Å². The number of pyridine rings is 1. The molecule has 0 fully saturated rings. The molecule has 0 saturated heterocycles. The number of rotatable bonds is 5. The maximum Gasteiger partial charge on any atom is 0.337 e. The topological polar surface area (TPSA) is 96.6 Å². The van der Waals surface area contributed by atoms with Crippen LogP contribution < -0.4 is 4.90 Å². The highest BCUT2D eigenvalue weighted by Gasteiger charge is 2.22. The zero-order valence-corrected chi connectivity index (χ0v) is 9.66. The number of terminal acetylenes is 1. The molecule has 0 spiro atoms. The first-order valence-electron chi connectivity index (χ1n) is 5.07. The van der Waals surface area contributed by atoms with Crippen LogP contribution in [-0.2, 0) is 0 Å². The van der Waals surface area contributed by atoms with Gasteiger partial charge in [-0.15, -0.1) is 6.42 Å². The van der Waals surface area contributed by atoms with Crippen molar-refractivity contribution in [3.05, 3.63) is 27.9 Å². The van der Waals surface area contributed by atoms with E-state index in [0.717, 1.165) is 12.3 Å². The highest BCUT2D eigenvalue weighted by Crippen LogP contribution is 2.26. The predicted molar refractivity (Wildman–Crippen MR) is 64.6 cm³/mol. The molecule has 7 heteroatoms. The van der Waals surface area contributed by atoms with Crippen molar-refractivity contribution in [2.75, 3.05) is 18.0 Å². The number of hydrogen-bond donors (Lipinski definition) is 1. The van der Waals surface area contributed by atoms with Crippen molar-refractivity contribution in [1.82, 2.24) is 4.98 Å². The van der Waals surface area contributed by atoms with Crippen LogP contribution >= 0.6 is 0 Å². The number of anilines is 1. The second-order valence-corrected chi connectivity index (χ2v) is 3.35. The van der Waals surface area contributed by atoms with Crippen LogP contribution in [0.5, 0.6) is 0 Å². The first kappa shape index (κ1) is 13.4. The molecular weight excluding hydrogens is 238 g/mol. The third-order valence-electron chi connectivity index (χ3n) is 2.25.